The molecule has 0 aliphatic carbocycles. The van der Waals surface area contributed by atoms with E-state index in [9.17, 15) is 14.7 Å². The Morgan fingerprint density at radius 3 is 2.00 bits per heavy atom. The molecule has 18 heavy (non-hydrogen) atoms. The molecule has 0 fully saturated rings. The van der Waals surface area contributed by atoms with E-state index >= 15 is 0 Å². The molecule has 0 aliphatic heterocycles. The SMILES string of the molecule is CCCCCC(CC(C)(C)C)(C(=O)O)C(=O)CO. The molecule has 1 unspecified atom stereocenters. The summed E-state index contributed by atoms with van der Waals surface area (Å²) in [6.45, 7) is 7.06. The summed E-state index contributed by atoms with van der Waals surface area (Å²) in [7, 11) is 0. The summed E-state index contributed by atoms with van der Waals surface area (Å²) in [5.74, 6) is -1.67. The van der Waals surface area contributed by atoms with E-state index in [-0.39, 0.29) is 11.8 Å². The average Bonchev–Trinajstić information content (AvgIpc) is 2.24. The lowest BCUT2D eigenvalue weighted by Gasteiger charge is -2.33. The number of carbonyl (C=O) groups is 2. The molecule has 0 saturated heterocycles. The van der Waals surface area contributed by atoms with Gasteiger partial charge in [0.15, 0.2) is 5.78 Å². The number of ketones is 1. The number of hydrogen-bond acceptors (Lipinski definition) is 3. The Hall–Kier alpha value is -0.900. The van der Waals surface area contributed by atoms with Crippen molar-refractivity contribution in [1.29, 1.82) is 0 Å². The fourth-order valence-electron chi connectivity index (χ4n) is 2.36. The highest BCUT2D eigenvalue weighted by atomic mass is 16.4. The molecular weight excluding hydrogens is 232 g/mol. The van der Waals surface area contributed by atoms with Gasteiger partial charge in [0.2, 0.25) is 0 Å². The molecule has 0 bridgehead atoms. The highest BCUT2D eigenvalue weighted by Gasteiger charge is 2.47. The van der Waals surface area contributed by atoms with Crippen LogP contribution in [0, 0.1) is 10.8 Å². The molecule has 0 saturated carbocycles. The summed E-state index contributed by atoms with van der Waals surface area (Å²) in [5, 5.41) is 18.5. The van der Waals surface area contributed by atoms with Crippen molar-refractivity contribution in [2.45, 2.75) is 59.8 Å². The molecule has 0 heterocycles. The van der Waals surface area contributed by atoms with Gasteiger partial charge in [-0.15, -0.1) is 0 Å². The first-order valence-corrected chi connectivity index (χ1v) is 6.57. The second-order valence-corrected chi connectivity index (χ2v) is 6.16. The molecule has 0 radical (unpaired) electrons. The quantitative estimate of drug-likeness (QED) is 0.518. The van der Waals surface area contributed by atoms with Crippen LogP contribution in [0.5, 0.6) is 0 Å². The highest BCUT2D eigenvalue weighted by Crippen LogP contribution is 2.39. The fraction of sp³-hybridized carbons (Fsp3) is 0.857. The summed E-state index contributed by atoms with van der Waals surface area (Å²) in [6, 6.07) is 0. The third kappa shape index (κ3) is 4.77. The Morgan fingerprint density at radius 1 is 1.11 bits per heavy atom. The van der Waals surface area contributed by atoms with Gasteiger partial charge in [-0.2, -0.15) is 0 Å². The van der Waals surface area contributed by atoms with Crippen molar-refractivity contribution in [3.8, 4) is 0 Å². The number of aliphatic hydroxyl groups is 1. The van der Waals surface area contributed by atoms with Gasteiger partial charge in [-0.05, 0) is 18.3 Å². The van der Waals surface area contributed by atoms with Gasteiger partial charge in [0, 0.05) is 0 Å². The topological polar surface area (TPSA) is 74.6 Å². The van der Waals surface area contributed by atoms with E-state index in [0.717, 1.165) is 12.8 Å². The zero-order valence-electron chi connectivity index (χ0n) is 12.0. The van der Waals surface area contributed by atoms with Crippen LogP contribution in [-0.4, -0.2) is 28.6 Å². The largest absolute Gasteiger partial charge is 0.480 e. The smallest absolute Gasteiger partial charge is 0.317 e. The summed E-state index contributed by atoms with van der Waals surface area (Å²) >= 11 is 0. The van der Waals surface area contributed by atoms with Crippen molar-refractivity contribution in [3.63, 3.8) is 0 Å². The normalized spacial score (nSPS) is 15.2. The first-order chi connectivity index (χ1) is 8.19. The standard InChI is InChI=1S/C14H26O4/c1-5-6-7-8-14(12(17)18,11(16)9-15)10-13(2,3)4/h15H,5-10H2,1-4H3,(H,17,18). The molecule has 0 aromatic carbocycles. The van der Waals surface area contributed by atoms with E-state index in [1.165, 1.54) is 0 Å². The van der Waals surface area contributed by atoms with Gasteiger partial charge in [0.25, 0.3) is 0 Å². The Bertz CT molecular complexity index is 291. The number of unbranched alkanes of at least 4 members (excludes halogenated alkanes) is 2. The lowest BCUT2D eigenvalue weighted by Crippen LogP contribution is -2.44. The molecule has 4 heteroatoms. The van der Waals surface area contributed by atoms with Gasteiger partial charge >= 0.3 is 5.97 Å². The zero-order valence-corrected chi connectivity index (χ0v) is 12.0. The first-order valence-electron chi connectivity index (χ1n) is 6.57. The van der Waals surface area contributed by atoms with Gasteiger partial charge in [0.1, 0.15) is 12.0 Å². The maximum Gasteiger partial charge on any atom is 0.317 e. The van der Waals surface area contributed by atoms with Gasteiger partial charge in [-0.3, -0.25) is 9.59 Å². The van der Waals surface area contributed by atoms with Crippen molar-refractivity contribution >= 4 is 11.8 Å². The van der Waals surface area contributed by atoms with Crippen LogP contribution in [0.2, 0.25) is 0 Å². The van der Waals surface area contributed by atoms with E-state index < -0.39 is 23.8 Å². The molecule has 0 aromatic heterocycles. The predicted octanol–water partition coefficient (Wildman–Crippen LogP) is 2.64. The number of hydrogen-bond donors (Lipinski definition) is 2. The molecule has 0 spiro atoms. The summed E-state index contributed by atoms with van der Waals surface area (Å²) in [4.78, 5) is 23.5. The molecule has 2 N–H and O–H groups in total. The van der Waals surface area contributed by atoms with Crippen LogP contribution in [0.15, 0.2) is 0 Å². The van der Waals surface area contributed by atoms with Crippen LogP contribution in [0.3, 0.4) is 0 Å². The molecule has 106 valence electrons. The van der Waals surface area contributed by atoms with Crippen LogP contribution in [-0.2, 0) is 9.59 Å². The Kier molecular flexibility index (Phi) is 6.54. The van der Waals surface area contributed by atoms with Crippen LogP contribution in [0.4, 0.5) is 0 Å². The molecule has 0 rings (SSSR count). The molecule has 0 aliphatic rings. The number of Topliss-reactive ketones (excluding diaryl/α,β-unsaturated/α-hetero) is 1. The van der Waals surface area contributed by atoms with Crippen LogP contribution in [0.25, 0.3) is 0 Å². The monoisotopic (exact) mass is 258 g/mol. The number of carboxylic acids is 1. The Morgan fingerprint density at radius 2 is 1.67 bits per heavy atom. The van der Waals surface area contributed by atoms with E-state index in [1.54, 1.807) is 0 Å². The van der Waals surface area contributed by atoms with Crippen molar-refractivity contribution in [2.24, 2.45) is 10.8 Å². The predicted molar refractivity (Wildman–Crippen MR) is 70.4 cm³/mol. The van der Waals surface area contributed by atoms with Crippen LogP contribution >= 0.6 is 0 Å². The molecule has 4 nitrogen and oxygen atoms in total. The van der Waals surface area contributed by atoms with Crippen LogP contribution in [0.1, 0.15) is 59.8 Å². The third-order valence-corrected chi connectivity index (χ3v) is 3.13. The summed E-state index contributed by atoms with van der Waals surface area (Å²) in [6.07, 6.45) is 3.15. The van der Waals surface area contributed by atoms with Gasteiger partial charge in [-0.25, -0.2) is 0 Å². The van der Waals surface area contributed by atoms with Crippen molar-refractivity contribution in [1.82, 2.24) is 0 Å². The highest BCUT2D eigenvalue weighted by molar-refractivity contribution is 6.03. The average molecular weight is 258 g/mol. The number of aliphatic hydroxyl groups excluding tert-OH is 1. The third-order valence-electron chi connectivity index (χ3n) is 3.13. The number of rotatable bonds is 8. The van der Waals surface area contributed by atoms with Crippen molar-refractivity contribution in [3.05, 3.63) is 0 Å². The maximum absolute atomic E-state index is 11.9. The van der Waals surface area contributed by atoms with Gasteiger partial charge in [0.05, 0.1) is 0 Å². The van der Waals surface area contributed by atoms with E-state index in [4.69, 9.17) is 5.11 Å². The number of carboxylic acid groups (broad SMARTS) is 1. The Labute approximate surface area is 109 Å². The van der Waals surface area contributed by atoms with Gasteiger partial charge < -0.3 is 10.2 Å². The van der Waals surface area contributed by atoms with Crippen LogP contribution < -0.4 is 0 Å². The van der Waals surface area contributed by atoms with E-state index in [1.807, 2.05) is 27.7 Å². The minimum Gasteiger partial charge on any atom is -0.480 e. The molecule has 0 aromatic rings. The van der Waals surface area contributed by atoms with Crippen molar-refractivity contribution in [2.75, 3.05) is 6.61 Å². The molecular formula is C14H26O4. The number of carbonyl (C=O) groups excluding carboxylic acids is 1. The first kappa shape index (κ1) is 17.1. The van der Waals surface area contributed by atoms with E-state index in [0.29, 0.717) is 12.8 Å². The molecule has 0 amide bonds. The Balaban J connectivity index is 5.16. The van der Waals surface area contributed by atoms with E-state index in [2.05, 4.69) is 0 Å². The summed E-state index contributed by atoms with van der Waals surface area (Å²) < 4.78 is 0. The minimum atomic E-state index is -1.43. The lowest BCUT2D eigenvalue weighted by molar-refractivity contribution is -0.159. The molecule has 1 atom stereocenters. The minimum absolute atomic E-state index is 0.262. The number of aliphatic carboxylic acids is 1. The maximum atomic E-state index is 11.9. The summed E-state index contributed by atoms with van der Waals surface area (Å²) in [5.41, 5.74) is -1.70. The van der Waals surface area contributed by atoms with Gasteiger partial charge in [-0.1, -0.05) is 47.0 Å². The second-order valence-electron chi connectivity index (χ2n) is 6.16. The zero-order chi connectivity index (χ0) is 14.4. The lowest BCUT2D eigenvalue weighted by atomic mass is 9.68. The second kappa shape index (κ2) is 6.88. The van der Waals surface area contributed by atoms with Crippen molar-refractivity contribution < 1.29 is 19.8 Å². The fourth-order valence-corrected chi connectivity index (χ4v) is 2.36.